The van der Waals surface area contributed by atoms with Crippen LogP contribution in [0.1, 0.15) is 43.8 Å². The summed E-state index contributed by atoms with van der Waals surface area (Å²) >= 11 is 0. The SMILES string of the molecule is Cc1noc(C)c1C(C)N=C(N)C(C)C. The molecule has 0 amide bonds. The molecule has 1 atom stereocenters. The van der Waals surface area contributed by atoms with E-state index in [1.165, 1.54) is 0 Å². The quantitative estimate of drug-likeness (QED) is 0.614. The molecule has 84 valence electrons. The maximum absolute atomic E-state index is 5.82. The van der Waals surface area contributed by atoms with Crippen LogP contribution in [-0.2, 0) is 0 Å². The van der Waals surface area contributed by atoms with Crippen LogP contribution >= 0.6 is 0 Å². The predicted octanol–water partition coefficient (Wildman–Crippen LogP) is 2.37. The van der Waals surface area contributed by atoms with Gasteiger partial charge in [-0.1, -0.05) is 19.0 Å². The lowest BCUT2D eigenvalue weighted by Gasteiger charge is -2.09. The summed E-state index contributed by atoms with van der Waals surface area (Å²) in [5.74, 6) is 1.76. The van der Waals surface area contributed by atoms with Crippen molar-refractivity contribution in [3.05, 3.63) is 17.0 Å². The first-order valence-corrected chi connectivity index (χ1v) is 5.19. The highest BCUT2D eigenvalue weighted by Crippen LogP contribution is 2.24. The van der Waals surface area contributed by atoms with Crippen LogP contribution in [0.4, 0.5) is 0 Å². The number of hydrogen-bond acceptors (Lipinski definition) is 3. The van der Waals surface area contributed by atoms with Crippen LogP contribution < -0.4 is 5.73 Å². The molecule has 0 spiro atoms. The van der Waals surface area contributed by atoms with Gasteiger partial charge in [0, 0.05) is 11.5 Å². The van der Waals surface area contributed by atoms with Gasteiger partial charge in [0.25, 0.3) is 0 Å². The second kappa shape index (κ2) is 4.47. The molecule has 1 unspecified atom stereocenters. The van der Waals surface area contributed by atoms with Gasteiger partial charge in [-0.15, -0.1) is 0 Å². The Labute approximate surface area is 90.6 Å². The molecular formula is C11H19N3O. The van der Waals surface area contributed by atoms with Crippen molar-refractivity contribution < 1.29 is 4.52 Å². The van der Waals surface area contributed by atoms with E-state index in [2.05, 4.69) is 10.1 Å². The summed E-state index contributed by atoms with van der Waals surface area (Å²) in [7, 11) is 0. The molecule has 0 aliphatic rings. The van der Waals surface area contributed by atoms with Crippen molar-refractivity contribution in [3.63, 3.8) is 0 Å². The number of aryl methyl sites for hydroxylation is 2. The smallest absolute Gasteiger partial charge is 0.139 e. The van der Waals surface area contributed by atoms with E-state index in [-0.39, 0.29) is 12.0 Å². The molecule has 1 aromatic heterocycles. The van der Waals surface area contributed by atoms with Crippen LogP contribution in [-0.4, -0.2) is 11.0 Å². The molecule has 1 aromatic rings. The Bertz CT molecular complexity index is 346. The monoisotopic (exact) mass is 209 g/mol. The van der Waals surface area contributed by atoms with Gasteiger partial charge in [0.15, 0.2) is 0 Å². The third-order valence-corrected chi connectivity index (χ3v) is 2.44. The molecular weight excluding hydrogens is 190 g/mol. The van der Waals surface area contributed by atoms with Crippen molar-refractivity contribution >= 4 is 5.84 Å². The minimum Gasteiger partial charge on any atom is -0.387 e. The zero-order valence-electron chi connectivity index (χ0n) is 10.0. The van der Waals surface area contributed by atoms with Crippen LogP contribution in [0, 0.1) is 19.8 Å². The fraction of sp³-hybridized carbons (Fsp3) is 0.636. The number of rotatable bonds is 3. The Kier molecular flexibility index (Phi) is 3.50. The zero-order valence-corrected chi connectivity index (χ0v) is 10.0. The summed E-state index contributed by atoms with van der Waals surface area (Å²) < 4.78 is 5.10. The number of nitrogens with zero attached hydrogens (tertiary/aromatic N) is 2. The highest BCUT2D eigenvalue weighted by atomic mass is 16.5. The van der Waals surface area contributed by atoms with Gasteiger partial charge in [0.05, 0.1) is 17.6 Å². The molecule has 4 nitrogen and oxygen atoms in total. The van der Waals surface area contributed by atoms with Gasteiger partial charge in [0.2, 0.25) is 0 Å². The lowest BCUT2D eigenvalue weighted by molar-refractivity contribution is 0.391. The summed E-state index contributed by atoms with van der Waals surface area (Å²) in [6.45, 7) is 9.87. The van der Waals surface area contributed by atoms with Crippen LogP contribution in [0.5, 0.6) is 0 Å². The molecule has 0 bridgehead atoms. The van der Waals surface area contributed by atoms with Gasteiger partial charge in [-0.3, -0.25) is 4.99 Å². The third-order valence-electron chi connectivity index (χ3n) is 2.44. The predicted molar refractivity (Wildman–Crippen MR) is 60.9 cm³/mol. The molecule has 0 saturated heterocycles. The Morgan fingerprint density at radius 2 is 1.93 bits per heavy atom. The lowest BCUT2D eigenvalue weighted by Crippen LogP contribution is -2.19. The van der Waals surface area contributed by atoms with Gasteiger partial charge in [-0.2, -0.15) is 0 Å². The zero-order chi connectivity index (χ0) is 11.6. The Morgan fingerprint density at radius 3 is 2.33 bits per heavy atom. The van der Waals surface area contributed by atoms with Crippen LogP contribution in [0.25, 0.3) is 0 Å². The molecule has 0 radical (unpaired) electrons. The van der Waals surface area contributed by atoms with E-state index < -0.39 is 0 Å². The summed E-state index contributed by atoms with van der Waals surface area (Å²) in [6, 6.07) is 0.0126. The van der Waals surface area contributed by atoms with Crippen molar-refractivity contribution in [1.29, 1.82) is 0 Å². The van der Waals surface area contributed by atoms with Crippen LogP contribution in [0.2, 0.25) is 0 Å². The number of amidine groups is 1. The van der Waals surface area contributed by atoms with Crippen molar-refractivity contribution in [2.24, 2.45) is 16.6 Å². The second-order valence-corrected chi connectivity index (χ2v) is 4.12. The first kappa shape index (κ1) is 11.8. The van der Waals surface area contributed by atoms with Crippen molar-refractivity contribution in [1.82, 2.24) is 5.16 Å². The average molecular weight is 209 g/mol. The van der Waals surface area contributed by atoms with Crippen molar-refractivity contribution in [2.45, 2.75) is 40.7 Å². The van der Waals surface area contributed by atoms with E-state index in [0.717, 1.165) is 17.0 Å². The van der Waals surface area contributed by atoms with E-state index in [9.17, 15) is 0 Å². The molecule has 0 fully saturated rings. The molecule has 0 aromatic carbocycles. The minimum atomic E-state index is 0.0126. The summed E-state index contributed by atoms with van der Waals surface area (Å²) in [4.78, 5) is 4.43. The topological polar surface area (TPSA) is 64.4 Å². The minimum absolute atomic E-state index is 0.0126. The fourth-order valence-electron chi connectivity index (χ4n) is 1.52. The summed E-state index contributed by atoms with van der Waals surface area (Å²) in [6.07, 6.45) is 0. The summed E-state index contributed by atoms with van der Waals surface area (Å²) in [5, 5.41) is 3.90. The van der Waals surface area contributed by atoms with Crippen LogP contribution in [0.3, 0.4) is 0 Å². The molecule has 15 heavy (non-hydrogen) atoms. The largest absolute Gasteiger partial charge is 0.387 e. The van der Waals surface area contributed by atoms with Crippen LogP contribution in [0.15, 0.2) is 9.52 Å². The van der Waals surface area contributed by atoms with Crippen molar-refractivity contribution in [2.75, 3.05) is 0 Å². The molecule has 2 N–H and O–H groups in total. The number of aromatic nitrogens is 1. The van der Waals surface area contributed by atoms with E-state index >= 15 is 0 Å². The first-order chi connectivity index (χ1) is 6.93. The molecule has 1 heterocycles. The van der Waals surface area contributed by atoms with E-state index in [4.69, 9.17) is 10.3 Å². The molecule has 0 aliphatic carbocycles. The number of aliphatic imine (C=N–C) groups is 1. The fourth-order valence-corrected chi connectivity index (χ4v) is 1.52. The van der Waals surface area contributed by atoms with E-state index in [0.29, 0.717) is 5.84 Å². The standard InChI is InChI=1S/C11H19N3O/c1-6(2)11(12)13-7(3)10-8(4)14-15-9(10)5/h6-7H,1-5H3,(H2,12,13). The number of hydrogen-bond donors (Lipinski definition) is 1. The summed E-state index contributed by atoms with van der Waals surface area (Å²) in [5.41, 5.74) is 7.75. The van der Waals surface area contributed by atoms with E-state index in [1.54, 1.807) is 0 Å². The van der Waals surface area contributed by atoms with Gasteiger partial charge in [0.1, 0.15) is 5.76 Å². The molecule has 0 saturated carbocycles. The van der Waals surface area contributed by atoms with Crippen molar-refractivity contribution in [3.8, 4) is 0 Å². The normalized spacial score (nSPS) is 14.7. The molecule has 0 aliphatic heterocycles. The lowest BCUT2D eigenvalue weighted by atomic mass is 10.1. The van der Waals surface area contributed by atoms with Gasteiger partial charge in [-0.25, -0.2) is 0 Å². The second-order valence-electron chi connectivity index (χ2n) is 4.12. The highest BCUT2D eigenvalue weighted by Gasteiger charge is 2.16. The molecule has 4 heteroatoms. The Morgan fingerprint density at radius 1 is 1.33 bits per heavy atom. The Hall–Kier alpha value is -1.32. The maximum Gasteiger partial charge on any atom is 0.139 e. The average Bonchev–Trinajstić information content (AvgIpc) is 2.45. The molecule has 1 rings (SSSR count). The van der Waals surface area contributed by atoms with E-state index in [1.807, 2.05) is 34.6 Å². The number of nitrogens with two attached hydrogens (primary N) is 1. The third kappa shape index (κ3) is 2.58. The Balaban J connectivity index is 2.95. The first-order valence-electron chi connectivity index (χ1n) is 5.19. The van der Waals surface area contributed by atoms with Gasteiger partial charge in [-0.05, 0) is 20.8 Å². The van der Waals surface area contributed by atoms with Gasteiger partial charge < -0.3 is 10.3 Å². The highest BCUT2D eigenvalue weighted by molar-refractivity contribution is 5.82. The maximum atomic E-state index is 5.82. The van der Waals surface area contributed by atoms with Gasteiger partial charge >= 0.3 is 0 Å².